The van der Waals surface area contributed by atoms with Gasteiger partial charge in [-0.1, -0.05) is 0 Å². The van der Waals surface area contributed by atoms with Gasteiger partial charge in [0.15, 0.2) is 0 Å². The normalized spacial score (nSPS) is 17.6. The van der Waals surface area contributed by atoms with E-state index in [4.69, 9.17) is 0 Å². The van der Waals surface area contributed by atoms with Gasteiger partial charge in [0.2, 0.25) is 0 Å². The second kappa shape index (κ2) is 2.90. The van der Waals surface area contributed by atoms with E-state index >= 15 is 0 Å². The average Bonchev–Trinajstić information content (AvgIpc) is 2.36. The highest BCUT2D eigenvalue weighted by molar-refractivity contribution is 5.74. The van der Waals surface area contributed by atoms with E-state index in [2.05, 4.69) is 6.42 Å². The van der Waals surface area contributed by atoms with Crippen molar-refractivity contribution in [3.05, 3.63) is 6.42 Å². The lowest BCUT2D eigenvalue weighted by Crippen LogP contribution is -2.36. The Bertz CT molecular complexity index is 128. The standard InChI is InChI=1S/C7H13N2O/c1-8(2)7(10)9-5-3-4-6-9/h3H,4-6H2,1-2H3. The van der Waals surface area contributed by atoms with Gasteiger partial charge in [0.05, 0.1) is 0 Å². The Labute approximate surface area is 61.6 Å². The van der Waals surface area contributed by atoms with E-state index in [0.717, 1.165) is 19.5 Å². The predicted octanol–water partition coefficient (Wildman–Crippen LogP) is 0.578. The second-order valence-electron chi connectivity index (χ2n) is 2.70. The summed E-state index contributed by atoms with van der Waals surface area (Å²) in [6.07, 6.45) is 3.17. The highest BCUT2D eigenvalue weighted by atomic mass is 16.2. The van der Waals surface area contributed by atoms with Gasteiger partial charge in [0.25, 0.3) is 0 Å². The summed E-state index contributed by atoms with van der Waals surface area (Å²) in [6, 6.07) is 0.119. The van der Waals surface area contributed by atoms with Crippen LogP contribution in [-0.2, 0) is 0 Å². The zero-order valence-electron chi connectivity index (χ0n) is 6.50. The molecule has 1 rings (SSSR count). The first kappa shape index (κ1) is 7.38. The van der Waals surface area contributed by atoms with Crippen molar-refractivity contribution >= 4 is 6.03 Å². The van der Waals surface area contributed by atoms with Crippen LogP contribution in [0.4, 0.5) is 4.79 Å². The van der Waals surface area contributed by atoms with Gasteiger partial charge < -0.3 is 9.80 Å². The maximum Gasteiger partial charge on any atom is 0.319 e. The van der Waals surface area contributed by atoms with E-state index in [0.29, 0.717) is 0 Å². The maximum absolute atomic E-state index is 11.2. The summed E-state index contributed by atoms with van der Waals surface area (Å²) >= 11 is 0. The molecule has 0 aromatic rings. The molecule has 1 aliphatic heterocycles. The molecule has 1 radical (unpaired) electrons. The van der Waals surface area contributed by atoms with Crippen molar-refractivity contribution in [3.63, 3.8) is 0 Å². The van der Waals surface area contributed by atoms with Crippen LogP contribution < -0.4 is 0 Å². The minimum Gasteiger partial charge on any atom is -0.331 e. The van der Waals surface area contributed by atoms with Crippen molar-refractivity contribution in [2.45, 2.75) is 6.42 Å². The molecule has 0 aliphatic carbocycles. The van der Waals surface area contributed by atoms with Gasteiger partial charge in [0, 0.05) is 27.2 Å². The highest BCUT2D eigenvalue weighted by Gasteiger charge is 2.18. The van der Waals surface area contributed by atoms with Crippen molar-refractivity contribution in [1.82, 2.24) is 9.80 Å². The SMILES string of the molecule is CN(C)C(=O)N1C[CH]CC1. The Kier molecular flexibility index (Phi) is 2.14. The molecule has 0 saturated carbocycles. The maximum atomic E-state index is 11.2. The molecule has 1 aliphatic rings. The number of amides is 2. The molecule has 57 valence electrons. The summed E-state index contributed by atoms with van der Waals surface area (Å²) in [4.78, 5) is 14.6. The Morgan fingerprint density at radius 3 is 2.70 bits per heavy atom. The number of rotatable bonds is 0. The van der Waals surface area contributed by atoms with Crippen LogP contribution in [0.25, 0.3) is 0 Å². The summed E-state index contributed by atoms with van der Waals surface area (Å²) in [5, 5.41) is 0. The molecule has 1 saturated heterocycles. The molecule has 0 spiro atoms. The molecular weight excluding hydrogens is 128 g/mol. The van der Waals surface area contributed by atoms with Crippen molar-refractivity contribution < 1.29 is 4.79 Å². The zero-order chi connectivity index (χ0) is 7.56. The van der Waals surface area contributed by atoms with E-state index in [1.54, 1.807) is 19.0 Å². The predicted molar refractivity (Wildman–Crippen MR) is 39.6 cm³/mol. The Morgan fingerprint density at radius 2 is 2.30 bits per heavy atom. The number of carbonyl (C=O) groups is 1. The van der Waals surface area contributed by atoms with Crippen molar-refractivity contribution in [3.8, 4) is 0 Å². The van der Waals surface area contributed by atoms with Crippen LogP contribution in [0.1, 0.15) is 6.42 Å². The lowest BCUT2D eigenvalue weighted by atomic mass is 10.4. The highest BCUT2D eigenvalue weighted by Crippen LogP contribution is 2.07. The van der Waals surface area contributed by atoms with E-state index in [1.807, 2.05) is 4.90 Å². The van der Waals surface area contributed by atoms with Gasteiger partial charge in [-0.05, 0) is 12.8 Å². The molecule has 1 fully saturated rings. The lowest BCUT2D eigenvalue weighted by Gasteiger charge is -2.20. The molecule has 0 unspecified atom stereocenters. The molecule has 3 heteroatoms. The van der Waals surface area contributed by atoms with Gasteiger partial charge in [-0.25, -0.2) is 4.79 Å². The fraction of sp³-hybridized carbons (Fsp3) is 0.714. The summed E-state index contributed by atoms with van der Waals surface area (Å²) in [7, 11) is 3.56. The van der Waals surface area contributed by atoms with Crippen molar-refractivity contribution in [2.75, 3.05) is 27.2 Å². The molecule has 0 aromatic carbocycles. The quantitative estimate of drug-likeness (QED) is 0.484. The zero-order valence-corrected chi connectivity index (χ0v) is 6.50. The first-order valence-electron chi connectivity index (χ1n) is 3.49. The molecule has 10 heavy (non-hydrogen) atoms. The van der Waals surface area contributed by atoms with Crippen LogP contribution in [0.5, 0.6) is 0 Å². The first-order valence-corrected chi connectivity index (χ1v) is 3.49. The van der Waals surface area contributed by atoms with E-state index in [1.165, 1.54) is 0 Å². The van der Waals surface area contributed by atoms with E-state index in [9.17, 15) is 4.79 Å². The fourth-order valence-electron chi connectivity index (χ4n) is 1.04. The van der Waals surface area contributed by atoms with Crippen LogP contribution in [-0.4, -0.2) is 43.0 Å². The topological polar surface area (TPSA) is 23.6 Å². The van der Waals surface area contributed by atoms with Crippen LogP contribution in [0, 0.1) is 6.42 Å². The van der Waals surface area contributed by atoms with Gasteiger partial charge in [-0.15, -0.1) is 0 Å². The largest absolute Gasteiger partial charge is 0.331 e. The fourth-order valence-corrected chi connectivity index (χ4v) is 1.04. The minimum atomic E-state index is 0.119. The van der Waals surface area contributed by atoms with E-state index in [-0.39, 0.29) is 6.03 Å². The van der Waals surface area contributed by atoms with Gasteiger partial charge in [-0.3, -0.25) is 0 Å². The number of hydrogen-bond donors (Lipinski definition) is 0. The summed E-state index contributed by atoms with van der Waals surface area (Å²) in [6.45, 7) is 1.70. The first-order chi connectivity index (χ1) is 4.72. The Balaban J connectivity index is 2.40. The third-order valence-corrected chi connectivity index (χ3v) is 1.61. The van der Waals surface area contributed by atoms with Crippen molar-refractivity contribution in [1.29, 1.82) is 0 Å². The summed E-state index contributed by atoms with van der Waals surface area (Å²) in [5.74, 6) is 0. The number of hydrogen-bond acceptors (Lipinski definition) is 1. The average molecular weight is 141 g/mol. The number of urea groups is 1. The molecule has 2 amide bonds. The molecule has 1 heterocycles. The third kappa shape index (κ3) is 1.40. The Hall–Kier alpha value is -0.730. The van der Waals surface area contributed by atoms with Crippen LogP contribution in [0.15, 0.2) is 0 Å². The molecular formula is C7H13N2O. The minimum absolute atomic E-state index is 0.119. The number of likely N-dealkylation sites (tertiary alicyclic amines) is 1. The third-order valence-electron chi connectivity index (χ3n) is 1.61. The number of nitrogens with zero attached hydrogens (tertiary/aromatic N) is 2. The van der Waals surface area contributed by atoms with Crippen LogP contribution in [0.2, 0.25) is 0 Å². The van der Waals surface area contributed by atoms with Gasteiger partial charge >= 0.3 is 6.03 Å². The Morgan fingerprint density at radius 1 is 1.60 bits per heavy atom. The summed E-state index contributed by atoms with van der Waals surface area (Å²) in [5.41, 5.74) is 0. The van der Waals surface area contributed by atoms with Gasteiger partial charge in [0.1, 0.15) is 0 Å². The monoisotopic (exact) mass is 141 g/mol. The van der Waals surface area contributed by atoms with Gasteiger partial charge in [-0.2, -0.15) is 0 Å². The van der Waals surface area contributed by atoms with Crippen LogP contribution in [0.3, 0.4) is 0 Å². The number of carbonyl (C=O) groups excluding carboxylic acids is 1. The smallest absolute Gasteiger partial charge is 0.319 e. The van der Waals surface area contributed by atoms with Crippen molar-refractivity contribution in [2.24, 2.45) is 0 Å². The van der Waals surface area contributed by atoms with E-state index < -0.39 is 0 Å². The lowest BCUT2D eigenvalue weighted by molar-refractivity contribution is 0.182. The summed E-state index contributed by atoms with van der Waals surface area (Å²) < 4.78 is 0. The molecule has 0 atom stereocenters. The molecule has 0 N–H and O–H groups in total. The molecule has 0 aromatic heterocycles. The molecule has 0 bridgehead atoms. The van der Waals surface area contributed by atoms with Crippen LogP contribution >= 0.6 is 0 Å². The molecule has 3 nitrogen and oxygen atoms in total. The second-order valence-corrected chi connectivity index (χ2v) is 2.70.